The number of aromatic nitrogens is 2. The molecule has 1 atom stereocenters. The van der Waals surface area contributed by atoms with Crippen LogP contribution in [0.15, 0.2) is 29.5 Å². The van der Waals surface area contributed by atoms with Crippen LogP contribution in [0, 0.1) is 0 Å². The first-order valence-electron chi connectivity index (χ1n) is 7.39. The molecule has 126 valence electrons. The Morgan fingerprint density at radius 2 is 2.30 bits per heavy atom. The lowest BCUT2D eigenvalue weighted by molar-refractivity contribution is -0.118. The maximum absolute atomic E-state index is 12.6. The summed E-state index contributed by atoms with van der Waals surface area (Å²) in [6.45, 7) is 9.76. The highest BCUT2D eigenvalue weighted by atomic mass is 35.5. The molecule has 1 unspecified atom stereocenters. The van der Waals surface area contributed by atoms with Gasteiger partial charge in [0, 0.05) is 18.4 Å². The lowest BCUT2D eigenvalue weighted by atomic mass is 10.2. The average Bonchev–Trinajstić information content (AvgIpc) is 2.91. The van der Waals surface area contributed by atoms with Crippen molar-refractivity contribution < 1.29 is 4.79 Å². The van der Waals surface area contributed by atoms with Gasteiger partial charge < -0.3 is 4.90 Å². The molecule has 5 nitrogen and oxygen atoms in total. The third-order valence-electron chi connectivity index (χ3n) is 3.35. The number of carbonyl (C=O) groups excluding carboxylic acids is 1. The molecule has 0 bridgehead atoms. The number of aliphatic imine (C=N–C) groups is 1. The van der Waals surface area contributed by atoms with Crippen LogP contribution in [0.2, 0.25) is 5.15 Å². The molecule has 1 aromatic rings. The lowest BCUT2D eigenvalue weighted by Gasteiger charge is -2.23. The van der Waals surface area contributed by atoms with Crippen molar-refractivity contribution >= 4 is 47.4 Å². The van der Waals surface area contributed by atoms with Crippen molar-refractivity contribution in [3.63, 3.8) is 0 Å². The van der Waals surface area contributed by atoms with Gasteiger partial charge in [0.1, 0.15) is 5.69 Å². The maximum Gasteiger partial charge on any atom is 0.240 e. The van der Waals surface area contributed by atoms with E-state index in [1.807, 2.05) is 33.1 Å². The van der Waals surface area contributed by atoms with E-state index in [9.17, 15) is 4.79 Å². The first-order chi connectivity index (χ1) is 11.0. The van der Waals surface area contributed by atoms with Crippen LogP contribution in [0.4, 0.5) is 5.69 Å². The number of nitrogens with zero attached hydrogens (tertiary/aromatic N) is 4. The number of amides is 1. The fourth-order valence-corrected chi connectivity index (χ4v) is 2.98. The lowest BCUT2D eigenvalue weighted by Crippen LogP contribution is -2.37. The van der Waals surface area contributed by atoms with Crippen LogP contribution in [-0.4, -0.2) is 40.5 Å². The fraction of sp³-hybridized carbons (Fsp3) is 0.438. The number of hydrogen-bond donors (Lipinski definition) is 0. The van der Waals surface area contributed by atoms with E-state index in [0.29, 0.717) is 17.4 Å². The summed E-state index contributed by atoms with van der Waals surface area (Å²) in [5.74, 6) is 0.0568. The number of thioether (sulfide) groups is 1. The van der Waals surface area contributed by atoms with Gasteiger partial charge in [-0.1, -0.05) is 18.5 Å². The summed E-state index contributed by atoms with van der Waals surface area (Å²) < 4.78 is 1.65. The summed E-state index contributed by atoms with van der Waals surface area (Å²) in [5.41, 5.74) is 1.49. The van der Waals surface area contributed by atoms with Gasteiger partial charge in [-0.2, -0.15) is 16.9 Å². The molecule has 0 aliphatic rings. The standard InChI is InChI=1S/C16H23ClN4OS/c1-6-14(23-5)16(22)20(7-2)13-11-21(19-15(13)17)12(3)9-8-10-18-4/h8-11,14H,4,6-7H2,1-3,5H3/b10-8-,12-9+. The molecule has 0 aliphatic heterocycles. The first kappa shape index (κ1) is 19.5. The average molecular weight is 355 g/mol. The van der Waals surface area contributed by atoms with Crippen LogP contribution in [0.3, 0.4) is 0 Å². The normalized spacial score (nSPS) is 13.3. The van der Waals surface area contributed by atoms with Crippen molar-refractivity contribution in [1.82, 2.24) is 9.78 Å². The van der Waals surface area contributed by atoms with Gasteiger partial charge in [0.05, 0.1) is 11.4 Å². The van der Waals surface area contributed by atoms with Crippen LogP contribution in [-0.2, 0) is 4.79 Å². The first-order valence-corrected chi connectivity index (χ1v) is 9.05. The van der Waals surface area contributed by atoms with E-state index in [2.05, 4.69) is 16.8 Å². The Morgan fingerprint density at radius 3 is 2.83 bits per heavy atom. The van der Waals surface area contributed by atoms with E-state index in [-0.39, 0.29) is 11.2 Å². The molecule has 0 fully saturated rings. The van der Waals surface area contributed by atoms with Crippen molar-refractivity contribution in [2.24, 2.45) is 4.99 Å². The molecule has 0 saturated heterocycles. The highest BCUT2D eigenvalue weighted by Gasteiger charge is 2.25. The second-order valence-corrected chi connectivity index (χ2v) is 6.20. The summed E-state index contributed by atoms with van der Waals surface area (Å²) in [6.07, 6.45) is 9.69. The van der Waals surface area contributed by atoms with Crippen molar-refractivity contribution in [1.29, 1.82) is 0 Å². The monoisotopic (exact) mass is 354 g/mol. The minimum Gasteiger partial charge on any atom is -0.308 e. The van der Waals surface area contributed by atoms with Gasteiger partial charge in [0.2, 0.25) is 5.91 Å². The van der Waals surface area contributed by atoms with Crippen molar-refractivity contribution in [2.75, 3.05) is 17.7 Å². The molecule has 0 spiro atoms. The van der Waals surface area contributed by atoms with Gasteiger partial charge in [-0.3, -0.25) is 9.79 Å². The molecule has 1 amide bonds. The second kappa shape index (κ2) is 9.57. The smallest absolute Gasteiger partial charge is 0.240 e. The number of halogens is 1. The third kappa shape index (κ3) is 4.97. The summed E-state index contributed by atoms with van der Waals surface area (Å²) in [7, 11) is 0. The van der Waals surface area contributed by atoms with Gasteiger partial charge in [0.15, 0.2) is 5.15 Å². The number of hydrogen-bond acceptors (Lipinski definition) is 4. The molecular formula is C16H23ClN4OS. The van der Waals surface area contributed by atoms with Gasteiger partial charge in [0.25, 0.3) is 0 Å². The Bertz CT molecular complexity index is 605. The molecule has 23 heavy (non-hydrogen) atoms. The van der Waals surface area contributed by atoms with Crippen molar-refractivity contribution in [2.45, 2.75) is 32.4 Å². The van der Waals surface area contributed by atoms with Gasteiger partial charge in [-0.25, -0.2) is 4.68 Å². The SMILES string of the molecule is C=N/C=C\C=C(/C)n1cc(N(CC)C(=O)C(CC)SC)c(Cl)n1. The Balaban J connectivity index is 3.12. The molecule has 1 aromatic heterocycles. The van der Waals surface area contributed by atoms with Crippen molar-refractivity contribution in [3.05, 3.63) is 29.7 Å². The van der Waals surface area contributed by atoms with Crippen LogP contribution in [0.25, 0.3) is 5.70 Å². The summed E-state index contributed by atoms with van der Waals surface area (Å²) in [4.78, 5) is 18.0. The van der Waals surface area contributed by atoms with E-state index in [1.165, 1.54) is 0 Å². The van der Waals surface area contributed by atoms with E-state index in [4.69, 9.17) is 11.6 Å². The zero-order chi connectivity index (χ0) is 17.4. The molecule has 0 aromatic carbocycles. The van der Waals surface area contributed by atoms with Gasteiger partial charge >= 0.3 is 0 Å². The van der Waals surface area contributed by atoms with Crippen LogP contribution in [0.5, 0.6) is 0 Å². The molecule has 0 saturated carbocycles. The highest BCUT2D eigenvalue weighted by Crippen LogP contribution is 2.28. The highest BCUT2D eigenvalue weighted by molar-refractivity contribution is 7.99. The predicted octanol–water partition coefficient (Wildman–Crippen LogP) is 4.11. The second-order valence-electron chi connectivity index (χ2n) is 4.80. The number of carbonyl (C=O) groups is 1. The predicted molar refractivity (Wildman–Crippen MR) is 101 cm³/mol. The zero-order valence-electron chi connectivity index (χ0n) is 14.0. The largest absolute Gasteiger partial charge is 0.308 e. The Hall–Kier alpha value is -1.53. The molecule has 0 aliphatic carbocycles. The van der Waals surface area contributed by atoms with E-state index in [1.54, 1.807) is 39.8 Å². The van der Waals surface area contributed by atoms with Crippen LogP contribution < -0.4 is 4.90 Å². The zero-order valence-corrected chi connectivity index (χ0v) is 15.6. The van der Waals surface area contributed by atoms with Gasteiger partial charge in [-0.15, -0.1) is 0 Å². The van der Waals surface area contributed by atoms with Crippen LogP contribution >= 0.6 is 23.4 Å². The molecule has 0 radical (unpaired) electrons. The Kier molecular flexibility index (Phi) is 8.12. The fourth-order valence-electron chi connectivity index (χ4n) is 2.09. The quantitative estimate of drug-likeness (QED) is 0.521. The maximum atomic E-state index is 12.6. The Labute approximate surface area is 147 Å². The molecule has 1 rings (SSSR count). The molecule has 1 heterocycles. The molecular weight excluding hydrogens is 332 g/mol. The van der Waals surface area contributed by atoms with E-state index < -0.39 is 0 Å². The van der Waals surface area contributed by atoms with E-state index in [0.717, 1.165) is 12.1 Å². The minimum absolute atomic E-state index is 0.0568. The van der Waals surface area contributed by atoms with Gasteiger partial charge in [-0.05, 0) is 45.4 Å². The number of rotatable bonds is 8. The van der Waals surface area contributed by atoms with E-state index >= 15 is 0 Å². The Morgan fingerprint density at radius 1 is 1.61 bits per heavy atom. The summed E-state index contributed by atoms with van der Waals surface area (Å²) in [5, 5.41) is 4.52. The molecule has 7 heteroatoms. The van der Waals surface area contributed by atoms with Crippen LogP contribution in [0.1, 0.15) is 27.2 Å². The third-order valence-corrected chi connectivity index (χ3v) is 4.72. The number of allylic oxidation sites excluding steroid dienone is 3. The summed E-state index contributed by atoms with van der Waals surface area (Å²) >= 11 is 7.80. The molecule has 0 N–H and O–H groups in total. The topological polar surface area (TPSA) is 50.5 Å². The minimum atomic E-state index is -0.0763. The van der Waals surface area contributed by atoms with Crippen molar-refractivity contribution in [3.8, 4) is 0 Å². The summed E-state index contributed by atoms with van der Waals surface area (Å²) in [6, 6.07) is 0. The number of anilines is 1.